The smallest absolute Gasteiger partial charge is 0.108 e. The molecule has 1 aromatic rings. The van der Waals surface area contributed by atoms with E-state index in [1.807, 2.05) is 18.2 Å². The molecule has 0 N–H and O–H groups in total. The van der Waals surface area contributed by atoms with Crippen molar-refractivity contribution in [3.05, 3.63) is 58.6 Å². The molecule has 0 spiro atoms. The van der Waals surface area contributed by atoms with Crippen LogP contribution in [0.1, 0.15) is 11.7 Å². The Kier molecular flexibility index (Phi) is 2.85. The van der Waals surface area contributed by atoms with Gasteiger partial charge in [-0.2, -0.15) is 0 Å². The van der Waals surface area contributed by atoms with Gasteiger partial charge in [-0.3, -0.25) is 0 Å². The molecule has 0 aromatic heterocycles. The predicted octanol–water partition coefficient (Wildman–Crippen LogP) is 3.63. The van der Waals surface area contributed by atoms with Crippen molar-refractivity contribution in [2.24, 2.45) is 0 Å². The summed E-state index contributed by atoms with van der Waals surface area (Å²) in [5, 5.41) is 0. The summed E-state index contributed by atoms with van der Waals surface area (Å²) in [5.74, 6) is 0. The Bertz CT molecular complexity index is 382. The first kappa shape index (κ1) is 9.69. The molecule has 1 aromatic carbocycles. The highest BCUT2D eigenvalue weighted by molar-refractivity contribution is 9.10. The van der Waals surface area contributed by atoms with Gasteiger partial charge in [0.25, 0.3) is 0 Å². The molecule has 0 fully saturated rings. The lowest BCUT2D eigenvalue weighted by atomic mass is 10.0. The number of ether oxygens (including phenoxy) is 1. The second kappa shape index (κ2) is 4.11. The molecule has 0 aliphatic carbocycles. The Labute approximate surface area is 92.2 Å². The predicted molar refractivity (Wildman–Crippen MR) is 61.1 cm³/mol. The van der Waals surface area contributed by atoms with Gasteiger partial charge in [-0.1, -0.05) is 46.8 Å². The van der Waals surface area contributed by atoms with E-state index < -0.39 is 0 Å². The molecule has 0 radical (unpaired) electrons. The maximum absolute atomic E-state index is 5.61. The van der Waals surface area contributed by atoms with Crippen LogP contribution < -0.4 is 0 Å². The van der Waals surface area contributed by atoms with E-state index in [-0.39, 0.29) is 6.10 Å². The largest absolute Gasteiger partial charge is 0.365 e. The Morgan fingerprint density at radius 1 is 1.50 bits per heavy atom. The zero-order valence-corrected chi connectivity index (χ0v) is 9.33. The molecule has 1 heterocycles. The first-order valence-electron chi connectivity index (χ1n) is 4.51. The van der Waals surface area contributed by atoms with Gasteiger partial charge >= 0.3 is 0 Å². The van der Waals surface area contributed by atoms with Gasteiger partial charge in [0.05, 0.1) is 6.61 Å². The number of hydrogen-bond acceptors (Lipinski definition) is 1. The summed E-state index contributed by atoms with van der Waals surface area (Å²) in [6.45, 7) is 4.46. The van der Waals surface area contributed by atoms with Crippen LogP contribution in [-0.2, 0) is 4.74 Å². The van der Waals surface area contributed by atoms with Crippen molar-refractivity contribution in [2.75, 3.05) is 6.61 Å². The summed E-state index contributed by atoms with van der Waals surface area (Å²) in [7, 11) is 0. The normalized spacial score (nSPS) is 20.6. The molecule has 0 saturated carbocycles. The molecule has 72 valence electrons. The van der Waals surface area contributed by atoms with E-state index in [9.17, 15) is 0 Å². The van der Waals surface area contributed by atoms with Crippen LogP contribution in [0.3, 0.4) is 0 Å². The number of hydrogen-bond donors (Lipinski definition) is 0. The second-order valence-corrected chi connectivity index (χ2v) is 4.09. The number of benzene rings is 1. The maximum atomic E-state index is 5.61. The minimum Gasteiger partial charge on any atom is -0.365 e. The summed E-state index contributed by atoms with van der Waals surface area (Å²) in [4.78, 5) is 0. The zero-order chi connectivity index (χ0) is 9.97. The maximum Gasteiger partial charge on any atom is 0.108 e. The Morgan fingerprint density at radius 2 is 2.36 bits per heavy atom. The van der Waals surface area contributed by atoms with Gasteiger partial charge in [0.15, 0.2) is 0 Å². The van der Waals surface area contributed by atoms with Crippen molar-refractivity contribution >= 4 is 15.9 Å². The average molecular weight is 251 g/mol. The Hall–Kier alpha value is -0.860. The molecular formula is C12H11BrO. The van der Waals surface area contributed by atoms with Crippen molar-refractivity contribution in [2.45, 2.75) is 6.10 Å². The molecular weight excluding hydrogens is 240 g/mol. The fourth-order valence-corrected chi connectivity index (χ4v) is 2.01. The molecule has 1 unspecified atom stereocenters. The molecule has 0 saturated heterocycles. The lowest BCUT2D eigenvalue weighted by molar-refractivity contribution is 0.125. The van der Waals surface area contributed by atoms with Gasteiger partial charge in [0.1, 0.15) is 6.10 Å². The van der Waals surface area contributed by atoms with Crippen LogP contribution in [0, 0.1) is 0 Å². The summed E-state index contributed by atoms with van der Waals surface area (Å²) in [6.07, 6.45) is 3.99. The van der Waals surface area contributed by atoms with Crippen molar-refractivity contribution < 1.29 is 4.74 Å². The quantitative estimate of drug-likeness (QED) is 0.779. The van der Waals surface area contributed by atoms with Gasteiger partial charge in [-0.25, -0.2) is 0 Å². The number of halogens is 1. The zero-order valence-electron chi connectivity index (χ0n) is 7.74. The third-order valence-corrected chi connectivity index (χ3v) is 2.77. The minimum atomic E-state index is 0.0602. The van der Waals surface area contributed by atoms with Gasteiger partial charge in [0.2, 0.25) is 0 Å². The topological polar surface area (TPSA) is 9.23 Å². The average Bonchev–Trinajstić information content (AvgIpc) is 2.65. The lowest BCUT2D eigenvalue weighted by Crippen LogP contribution is -1.99. The monoisotopic (exact) mass is 250 g/mol. The molecule has 1 aliphatic rings. The van der Waals surface area contributed by atoms with E-state index in [1.165, 1.54) is 5.56 Å². The van der Waals surface area contributed by atoms with Crippen LogP contribution in [0.4, 0.5) is 0 Å². The SMILES string of the molecule is C=CC1=CCOC1c1cccc(Br)c1. The molecule has 1 nitrogen and oxygen atoms in total. The molecule has 0 bridgehead atoms. The second-order valence-electron chi connectivity index (χ2n) is 3.18. The van der Waals surface area contributed by atoms with E-state index in [4.69, 9.17) is 4.74 Å². The fraction of sp³-hybridized carbons (Fsp3) is 0.167. The minimum absolute atomic E-state index is 0.0602. The standard InChI is InChI=1S/C12H11BrO/c1-2-9-6-7-14-12(9)10-4-3-5-11(13)8-10/h2-6,8,12H,1,7H2. The summed E-state index contributed by atoms with van der Waals surface area (Å²) < 4.78 is 6.69. The fourth-order valence-electron chi connectivity index (χ4n) is 1.59. The summed E-state index contributed by atoms with van der Waals surface area (Å²) in [5.41, 5.74) is 2.33. The van der Waals surface area contributed by atoms with Gasteiger partial charge < -0.3 is 4.74 Å². The first-order chi connectivity index (χ1) is 6.81. The Morgan fingerprint density at radius 3 is 3.07 bits per heavy atom. The first-order valence-corrected chi connectivity index (χ1v) is 5.30. The highest BCUT2D eigenvalue weighted by Crippen LogP contribution is 2.31. The van der Waals surface area contributed by atoms with Gasteiger partial charge in [-0.15, -0.1) is 0 Å². The lowest BCUT2D eigenvalue weighted by Gasteiger charge is -2.12. The highest BCUT2D eigenvalue weighted by atomic mass is 79.9. The van der Waals surface area contributed by atoms with E-state index in [1.54, 1.807) is 0 Å². The van der Waals surface area contributed by atoms with Crippen molar-refractivity contribution in [3.8, 4) is 0 Å². The van der Waals surface area contributed by atoms with Crippen LogP contribution in [0.15, 0.2) is 53.0 Å². The molecule has 2 rings (SSSR count). The molecule has 1 aliphatic heterocycles. The van der Waals surface area contributed by atoms with Crippen LogP contribution in [0.5, 0.6) is 0 Å². The Balaban J connectivity index is 2.31. The van der Waals surface area contributed by atoms with Crippen molar-refractivity contribution in [1.82, 2.24) is 0 Å². The van der Waals surface area contributed by atoms with E-state index in [2.05, 4.69) is 40.7 Å². The van der Waals surface area contributed by atoms with Crippen LogP contribution in [-0.4, -0.2) is 6.61 Å². The van der Waals surface area contributed by atoms with E-state index in [0.717, 1.165) is 10.0 Å². The molecule has 14 heavy (non-hydrogen) atoms. The van der Waals surface area contributed by atoms with E-state index in [0.29, 0.717) is 6.61 Å². The van der Waals surface area contributed by atoms with Crippen LogP contribution in [0.25, 0.3) is 0 Å². The van der Waals surface area contributed by atoms with Crippen LogP contribution >= 0.6 is 15.9 Å². The summed E-state index contributed by atoms with van der Waals surface area (Å²) in [6, 6.07) is 8.17. The van der Waals surface area contributed by atoms with Crippen LogP contribution in [0.2, 0.25) is 0 Å². The van der Waals surface area contributed by atoms with Crippen molar-refractivity contribution in [3.63, 3.8) is 0 Å². The highest BCUT2D eigenvalue weighted by Gasteiger charge is 2.19. The van der Waals surface area contributed by atoms with Crippen molar-refractivity contribution in [1.29, 1.82) is 0 Å². The number of rotatable bonds is 2. The molecule has 0 amide bonds. The molecule has 1 atom stereocenters. The van der Waals surface area contributed by atoms with Gasteiger partial charge in [0, 0.05) is 4.47 Å². The third-order valence-electron chi connectivity index (χ3n) is 2.27. The van der Waals surface area contributed by atoms with Gasteiger partial charge in [-0.05, 0) is 23.3 Å². The van der Waals surface area contributed by atoms with E-state index >= 15 is 0 Å². The third kappa shape index (κ3) is 1.81. The summed E-state index contributed by atoms with van der Waals surface area (Å²) >= 11 is 3.45. The molecule has 2 heteroatoms.